The third-order valence-corrected chi connectivity index (χ3v) is 2.69. The molecule has 3 N–H and O–H groups in total. The summed E-state index contributed by atoms with van der Waals surface area (Å²) in [5.74, 6) is 0.184. The summed E-state index contributed by atoms with van der Waals surface area (Å²) in [7, 11) is 0. The lowest BCUT2D eigenvalue weighted by molar-refractivity contribution is -0.127. The summed E-state index contributed by atoms with van der Waals surface area (Å²) in [4.78, 5) is 23.3. The van der Waals surface area contributed by atoms with E-state index in [-0.39, 0.29) is 18.0 Å². The lowest BCUT2D eigenvalue weighted by Gasteiger charge is -2.28. The summed E-state index contributed by atoms with van der Waals surface area (Å²) in [6.45, 7) is 11.8. The van der Waals surface area contributed by atoms with Crippen molar-refractivity contribution < 1.29 is 9.59 Å². The Labute approximate surface area is 104 Å². The molecule has 0 heterocycles. The van der Waals surface area contributed by atoms with Crippen LogP contribution >= 0.6 is 0 Å². The lowest BCUT2D eigenvalue weighted by atomic mass is 10.0. The highest BCUT2D eigenvalue weighted by Gasteiger charge is 2.30. The Morgan fingerprint density at radius 2 is 1.71 bits per heavy atom. The molecule has 5 nitrogen and oxygen atoms in total. The second-order valence-corrected chi connectivity index (χ2v) is 5.12. The normalized spacial score (nSPS) is 13.1. The fourth-order valence-electron chi connectivity index (χ4n) is 1.10. The molecule has 0 saturated carbocycles. The molecule has 17 heavy (non-hydrogen) atoms. The third kappa shape index (κ3) is 5.56. The van der Waals surface area contributed by atoms with Crippen LogP contribution in [0.4, 0.5) is 4.79 Å². The van der Waals surface area contributed by atoms with Gasteiger partial charge in [-0.25, -0.2) is 4.79 Å². The van der Waals surface area contributed by atoms with Crippen molar-refractivity contribution in [2.45, 2.75) is 53.1 Å². The minimum atomic E-state index is -0.914. The number of nitrogens with one attached hydrogen (secondary N) is 3. The molecular formula is C12H25N3O2. The van der Waals surface area contributed by atoms with E-state index in [4.69, 9.17) is 0 Å². The van der Waals surface area contributed by atoms with Gasteiger partial charge >= 0.3 is 6.03 Å². The summed E-state index contributed by atoms with van der Waals surface area (Å²) in [6, 6.07) is -0.248. The number of urea groups is 1. The maximum absolute atomic E-state index is 12.0. The molecule has 0 fully saturated rings. The standard InChI is InChI=1S/C12H25N3O2/c1-7-13-11(17)15-12(5,6)10(16)14-9(4)8(2)3/h8-9H,7H2,1-6H3,(H,14,16)(H2,13,15,17)/t9-/m1/s1. The summed E-state index contributed by atoms with van der Waals surface area (Å²) >= 11 is 0. The second kappa shape index (κ2) is 6.47. The van der Waals surface area contributed by atoms with Gasteiger partial charge in [0.05, 0.1) is 0 Å². The van der Waals surface area contributed by atoms with Crippen LogP contribution in [0.1, 0.15) is 41.5 Å². The first kappa shape index (κ1) is 15.7. The Bertz CT molecular complexity index is 275. The molecule has 0 unspecified atom stereocenters. The highest BCUT2D eigenvalue weighted by molar-refractivity contribution is 5.90. The van der Waals surface area contributed by atoms with Crippen LogP contribution in [0.15, 0.2) is 0 Å². The fourth-order valence-corrected chi connectivity index (χ4v) is 1.10. The van der Waals surface area contributed by atoms with E-state index >= 15 is 0 Å². The zero-order chi connectivity index (χ0) is 13.6. The summed E-state index contributed by atoms with van der Waals surface area (Å²) in [5, 5.41) is 8.13. The number of hydrogen-bond donors (Lipinski definition) is 3. The number of hydrogen-bond acceptors (Lipinski definition) is 2. The number of rotatable bonds is 5. The average Bonchev–Trinajstić information content (AvgIpc) is 2.16. The summed E-state index contributed by atoms with van der Waals surface area (Å²) in [6.07, 6.45) is 0. The van der Waals surface area contributed by atoms with Crippen LogP contribution < -0.4 is 16.0 Å². The molecule has 0 aliphatic heterocycles. The highest BCUT2D eigenvalue weighted by atomic mass is 16.2. The van der Waals surface area contributed by atoms with E-state index in [1.54, 1.807) is 13.8 Å². The smallest absolute Gasteiger partial charge is 0.315 e. The van der Waals surface area contributed by atoms with Gasteiger partial charge in [0.2, 0.25) is 5.91 Å². The predicted molar refractivity (Wildman–Crippen MR) is 68.7 cm³/mol. The second-order valence-electron chi connectivity index (χ2n) is 5.12. The molecule has 0 bridgehead atoms. The molecule has 0 aromatic heterocycles. The molecule has 0 aromatic carbocycles. The van der Waals surface area contributed by atoms with Crippen LogP contribution in [-0.2, 0) is 4.79 Å². The van der Waals surface area contributed by atoms with E-state index in [0.717, 1.165) is 0 Å². The average molecular weight is 243 g/mol. The van der Waals surface area contributed by atoms with Crippen LogP contribution in [0.2, 0.25) is 0 Å². The van der Waals surface area contributed by atoms with Gasteiger partial charge in [0, 0.05) is 12.6 Å². The lowest BCUT2D eigenvalue weighted by Crippen LogP contribution is -2.58. The minimum absolute atomic E-state index is 0.0813. The quantitative estimate of drug-likeness (QED) is 0.680. The Kier molecular flexibility index (Phi) is 5.99. The molecule has 0 radical (unpaired) electrons. The summed E-state index contributed by atoms with van der Waals surface area (Å²) < 4.78 is 0. The van der Waals surface area contributed by atoms with Crippen molar-refractivity contribution >= 4 is 11.9 Å². The molecule has 100 valence electrons. The molecule has 5 heteroatoms. The van der Waals surface area contributed by atoms with Gasteiger partial charge < -0.3 is 16.0 Å². The van der Waals surface area contributed by atoms with Gasteiger partial charge in [-0.1, -0.05) is 13.8 Å². The van der Waals surface area contributed by atoms with Crippen LogP contribution in [0.5, 0.6) is 0 Å². The van der Waals surface area contributed by atoms with E-state index < -0.39 is 5.54 Å². The van der Waals surface area contributed by atoms with Gasteiger partial charge in [-0.3, -0.25) is 4.79 Å². The highest BCUT2D eigenvalue weighted by Crippen LogP contribution is 2.06. The number of carbonyl (C=O) groups excluding carboxylic acids is 2. The van der Waals surface area contributed by atoms with Gasteiger partial charge in [-0.15, -0.1) is 0 Å². The Hall–Kier alpha value is -1.26. The van der Waals surface area contributed by atoms with Gasteiger partial charge in [-0.05, 0) is 33.6 Å². The topological polar surface area (TPSA) is 70.2 Å². The zero-order valence-corrected chi connectivity index (χ0v) is 11.7. The molecule has 0 saturated heterocycles. The van der Waals surface area contributed by atoms with Gasteiger partial charge in [0.15, 0.2) is 0 Å². The van der Waals surface area contributed by atoms with Crippen molar-refractivity contribution in [1.82, 2.24) is 16.0 Å². The molecular weight excluding hydrogens is 218 g/mol. The van der Waals surface area contributed by atoms with E-state index in [9.17, 15) is 9.59 Å². The van der Waals surface area contributed by atoms with E-state index in [1.807, 2.05) is 27.7 Å². The van der Waals surface area contributed by atoms with Gasteiger partial charge in [0.1, 0.15) is 5.54 Å². The molecule has 0 rings (SSSR count). The van der Waals surface area contributed by atoms with E-state index in [2.05, 4.69) is 16.0 Å². The van der Waals surface area contributed by atoms with Crippen molar-refractivity contribution in [2.75, 3.05) is 6.54 Å². The van der Waals surface area contributed by atoms with Gasteiger partial charge in [0.25, 0.3) is 0 Å². The van der Waals surface area contributed by atoms with Crippen molar-refractivity contribution in [1.29, 1.82) is 0 Å². The maximum Gasteiger partial charge on any atom is 0.315 e. The first-order valence-electron chi connectivity index (χ1n) is 6.07. The Morgan fingerprint density at radius 3 is 2.12 bits per heavy atom. The van der Waals surface area contributed by atoms with E-state index in [0.29, 0.717) is 12.5 Å². The first-order chi connectivity index (χ1) is 7.70. The SMILES string of the molecule is CCNC(=O)NC(C)(C)C(=O)N[C@H](C)C(C)C. The zero-order valence-electron chi connectivity index (χ0n) is 11.7. The van der Waals surface area contributed by atoms with E-state index in [1.165, 1.54) is 0 Å². The van der Waals surface area contributed by atoms with Crippen molar-refractivity contribution in [3.05, 3.63) is 0 Å². The molecule has 0 aromatic rings. The Morgan fingerprint density at radius 1 is 1.18 bits per heavy atom. The largest absolute Gasteiger partial charge is 0.351 e. The number of carbonyl (C=O) groups is 2. The molecule has 0 spiro atoms. The summed E-state index contributed by atoms with van der Waals surface area (Å²) in [5.41, 5.74) is -0.914. The molecule has 0 aliphatic carbocycles. The third-order valence-electron chi connectivity index (χ3n) is 2.69. The van der Waals surface area contributed by atoms with Crippen LogP contribution in [0.3, 0.4) is 0 Å². The predicted octanol–water partition coefficient (Wildman–Crippen LogP) is 1.24. The molecule has 3 amide bonds. The fraction of sp³-hybridized carbons (Fsp3) is 0.833. The number of amides is 3. The maximum atomic E-state index is 12.0. The first-order valence-corrected chi connectivity index (χ1v) is 6.07. The molecule has 0 aliphatic rings. The van der Waals surface area contributed by atoms with Crippen molar-refractivity contribution in [3.63, 3.8) is 0 Å². The van der Waals surface area contributed by atoms with Crippen molar-refractivity contribution in [2.24, 2.45) is 5.92 Å². The van der Waals surface area contributed by atoms with Crippen LogP contribution in [0.25, 0.3) is 0 Å². The van der Waals surface area contributed by atoms with Crippen molar-refractivity contribution in [3.8, 4) is 0 Å². The Balaban J connectivity index is 4.39. The van der Waals surface area contributed by atoms with Crippen LogP contribution in [-0.4, -0.2) is 30.1 Å². The minimum Gasteiger partial charge on any atom is -0.351 e. The van der Waals surface area contributed by atoms with Crippen LogP contribution in [0, 0.1) is 5.92 Å². The molecule has 1 atom stereocenters. The van der Waals surface area contributed by atoms with Gasteiger partial charge in [-0.2, -0.15) is 0 Å². The monoisotopic (exact) mass is 243 g/mol.